The lowest BCUT2D eigenvalue weighted by atomic mass is 10.2. The number of aromatic nitrogens is 2. The van der Waals surface area contributed by atoms with E-state index in [0.29, 0.717) is 17.8 Å². The summed E-state index contributed by atoms with van der Waals surface area (Å²) in [4.78, 5) is 4.35. The predicted octanol–water partition coefficient (Wildman–Crippen LogP) is 1.46. The van der Waals surface area contributed by atoms with Gasteiger partial charge in [0.15, 0.2) is 0 Å². The van der Waals surface area contributed by atoms with Gasteiger partial charge in [-0.05, 0) is 12.8 Å². The highest BCUT2D eigenvalue weighted by Crippen LogP contribution is 2.25. The van der Waals surface area contributed by atoms with Crippen LogP contribution in [0.25, 0.3) is 0 Å². The lowest BCUT2D eigenvalue weighted by molar-refractivity contribution is 0.103. The summed E-state index contributed by atoms with van der Waals surface area (Å²) in [5.41, 5.74) is 0. The Morgan fingerprint density at radius 2 is 2.38 bits per heavy atom. The van der Waals surface area contributed by atoms with Crippen molar-refractivity contribution >= 4 is 0 Å². The summed E-state index contributed by atoms with van der Waals surface area (Å²) in [6.45, 7) is 5.91. The molecule has 90 valence electrons. The third-order valence-corrected chi connectivity index (χ3v) is 2.59. The van der Waals surface area contributed by atoms with Crippen molar-refractivity contribution in [3.05, 3.63) is 11.7 Å². The largest absolute Gasteiger partial charge is 0.370 e. The fraction of sp³-hybridized carbons (Fsp3) is 0.818. The second-order valence-corrected chi connectivity index (χ2v) is 4.41. The Hall–Kier alpha value is -0.940. The lowest BCUT2D eigenvalue weighted by Crippen LogP contribution is -2.25. The molecule has 0 spiro atoms. The molecule has 0 saturated carbocycles. The molecule has 1 aliphatic rings. The molecule has 1 N–H and O–H groups in total. The van der Waals surface area contributed by atoms with Crippen LogP contribution in [0.15, 0.2) is 4.52 Å². The van der Waals surface area contributed by atoms with Gasteiger partial charge in [-0.3, -0.25) is 0 Å². The van der Waals surface area contributed by atoms with Crippen LogP contribution in [0.2, 0.25) is 0 Å². The minimum Gasteiger partial charge on any atom is -0.370 e. The summed E-state index contributed by atoms with van der Waals surface area (Å²) >= 11 is 0. The summed E-state index contributed by atoms with van der Waals surface area (Å²) in [5.74, 6) is 1.40. The van der Waals surface area contributed by atoms with Gasteiger partial charge in [-0.25, -0.2) is 0 Å². The van der Waals surface area contributed by atoms with Crippen molar-refractivity contribution in [1.29, 1.82) is 0 Å². The summed E-state index contributed by atoms with van der Waals surface area (Å²) in [6.07, 6.45) is 2.92. The Balaban J connectivity index is 1.82. The number of nitrogens with one attached hydrogen (secondary N) is 1. The average molecular weight is 225 g/mol. The van der Waals surface area contributed by atoms with Crippen molar-refractivity contribution in [3.8, 4) is 0 Å². The minimum absolute atomic E-state index is 0.0514. The monoisotopic (exact) mass is 225 g/mol. The molecule has 2 rings (SSSR count). The molecule has 0 radical (unpaired) electrons. The van der Waals surface area contributed by atoms with Crippen molar-refractivity contribution in [2.45, 2.75) is 45.3 Å². The van der Waals surface area contributed by atoms with Crippen LogP contribution in [0.1, 0.15) is 44.5 Å². The van der Waals surface area contributed by atoms with Gasteiger partial charge in [-0.1, -0.05) is 19.0 Å². The molecule has 16 heavy (non-hydrogen) atoms. The van der Waals surface area contributed by atoms with Crippen LogP contribution in [0, 0.1) is 0 Å². The lowest BCUT2D eigenvalue weighted by Gasteiger charge is -2.04. The smallest absolute Gasteiger partial charge is 0.228 e. The molecule has 0 bridgehead atoms. The van der Waals surface area contributed by atoms with E-state index in [4.69, 9.17) is 9.26 Å². The molecule has 1 saturated heterocycles. The fourth-order valence-electron chi connectivity index (χ4n) is 1.75. The molecule has 5 heteroatoms. The zero-order chi connectivity index (χ0) is 11.4. The van der Waals surface area contributed by atoms with Gasteiger partial charge in [0.2, 0.25) is 11.7 Å². The summed E-state index contributed by atoms with van der Waals surface area (Å²) in [5, 5.41) is 7.27. The molecule has 0 aliphatic carbocycles. The summed E-state index contributed by atoms with van der Waals surface area (Å²) in [6, 6.07) is 0.487. The highest BCUT2D eigenvalue weighted by molar-refractivity contribution is 4.93. The molecule has 1 aromatic rings. The van der Waals surface area contributed by atoms with Crippen LogP contribution in [0.3, 0.4) is 0 Å². The van der Waals surface area contributed by atoms with E-state index in [2.05, 4.69) is 29.3 Å². The van der Waals surface area contributed by atoms with Gasteiger partial charge in [0, 0.05) is 25.6 Å². The molecule has 1 aliphatic heterocycles. The highest BCUT2D eigenvalue weighted by atomic mass is 16.5. The van der Waals surface area contributed by atoms with E-state index in [-0.39, 0.29) is 6.10 Å². The predicted molar refractivity (Wildman–Crippen MR) is 59.1 cm³/mol. The Morgan fingerprint density at radius 3 is 3.06 bits per heavy atom. The first-order chi connectivity index (χ1) is 7.75. The fourth-order valence-corrected chi connectivity index (χ4v) is 1.75. The van der Waals surface area contributed by atoms with Crippen LogP contribution in [0.5, 0.6) is 0 Å². The normalized spacial score (nSPS) is 20.8. The molecule has 1 fully saturated rings. The standard InChI is InChI=1S/C11H19N3O2/c1-8(2)12-6-5-10-13-11(14-16-10)9-4-3-7-15-9/h8-9,12H,3-7H2,1-2H3. The topological polar surface area (TPSA) is 60.2 Å². The SMILES string of the molecule is CC(C)NCCc1nc(C2CCCO2)no1. The molecule has 5 nitrogen and oxygen atoms in total. The maximum atomic E-state index is 5.49. The molecule has 0 aromatic carbocycles. The van der Waals surface area contributed by atoms with Gasteiger partial charge >= 0.3 is 0 Å². The number of nitrogens with zero attached hydrogens (tertiary/aromatic N) is 2. The van der Waals surface area contributed by atoms with E-state index in [1.807, 2.05) is 0 Å². The maximum Gasteiger partial charge on any atom is 0.228 e. The number of rotatable bonds is 5. The van der Waals surface area contributed by atoms with Gasteiger partial charge < -0.3 is 14.6 Å². The van der Waals surface area contributed by atoms with E-state index in [0.717, 1.165) is 32.4 Å². The van der Waals surface area contributed by atoms with Crippen molar-refractivity contribution in [3.63, 3.8) is 0 Å². The first kappa shape index (κ1) is 11.5. The zero-order valence-corrected chi connectivity index (χ0v) is 9.90. The first-order valence-electron chi connectivity index (χ1n) is 5.93. The molecule has 0 amide bonds. The average Bonchev–Trinajstić information content (AvgIpc) is 2.85. The Labute approximate surface area is 95.6 Å². The van der Waals surface area contributed by atoms with Crippen LogP contribution in [-0.4, -0.2) is 29.3 Å². The summed E-state index contributed by atoms with van der Waals surface area (Å²) < 4.78 is 10.7. The van der Waals surface area contributed by atoms with E-state index in [1.165, 1.54) is 0 Å². The first-order valence-corrected chi connectivity index (χ1v) is 5.93. The van der Waals surface area contributed by atoms with Crippen molar-refractivity contribution in [1.82, 2.24) is 15.5 Å². The second kappa shape index (κ2) is 5.41. The molecular formula is C11H19N3O2. The van der Waals surface area contributed by atoms with Gasteiger partial charge in [-0.2, -0.15) is 4.98 Å². The van der Waals surface area contributed by atoms with E-state index < -0.39 is 0 Å². The Bertz CT molecular complexity index is 319. The Kier molecular flexibility index (Phi) is 3.90. The number of hydrogen-bond acceptors (Lipinski definition) is 5. The number of ether oxygens (including phenoxy) is 1. The van der Waals surface area contributed by atoms with Crippen molar-refractivity contribution in [2.75, 3.05) is 13.2 Å². The third kappa shape index (κ3) is 3.02. The molecule has 1 atom stereocenters. The van der Waals surface area contributed by atoms with E-state index in [1.54, 1.807) is 0 Å². The second-order valence-electron chi connectivity index (χ2n) is 4.41. The quantitative estimate of drug-likeness (QED) is 0.822. The summed E-state index contributed by atoms with van der Waals surface area (Å²) in [7, 11) is 0. The maximum absolute atomic E-state index is 5.49. The van der Waals surface area contributed by atoms with Crippen LogP contribution >= 0.6 is 0 Å². The van der Waals surface area contributed by atoms with Gasteiger partial charge in [0.05, 0.1) is 0 Å². The van der Waals surface area contributed by atoms with Gasteiger partial charge in [-0.15, -0.1) is 0 Å². The third-order valence-electron chi connectivity index (χ3n) is 2.59. The van der Waals surface area contributed by atoms with E-state index >= 15 is 0 Å². The molecule has 2 heterocycles. The van der Waals surface area contributed by atoms with Crippen LogP contribution in [0.4, 0.5) is 0 Å². The van der Waals surface area contributed by atoms with E-state index in [9.17, 15) is 0 Å². The zero-order valence-electron chi connectivity index (χ0n) is 9.90. The highest BCUT2D eigenvalue weighted by Gasteiger charge is 2.22. The van der Waals surface area contributed by atoms with Crippen LogP contribution in [-0.2, 0) is 11.2 Å². The van der Waals surface area contributed by atoms with Gasteiger partial charge in [0.25, 0.3) is 0 Å². The van der Waals surface area contributed by atoms with Crippen molar-refractivity contribution < 1.29 is 9.26 Å². The minimum atomic E-state index is 0.0514. The number of hydrogen-bond donors (Lipinski definition) is 1. The Morgan fingerprint density at radius 1 is 1.50 bits per heavy atom. The molecular weight excluding hydrogens is 206 g/mol. The molecule has 1 unspecified atom stereocenters. The van der Waals surface area contributed by atoms with Crippen molar-refractivity contribution in [2.24, 2.45) is 0 Å². The van der Waals surface area contributed by atoms with Crippen LogP contribution < -0.4 is 5.32 Å². The molecule has 1 aromatic heterocycles. The van der Waals surface area contributed by atoms with Gasteiger partial charge in [0.1, 0.15) is 6.10 Å².